The predicted molar refractivity (Wildman–Crippen MR) is 78.3 cm³/mol. The van der Waals surface area contributed by atoms with E-state index >= 15 is 0 Å². The minimum absolute atomic E-state index is 0.277. The molecule has 0 bridgehead atoms. The first kappa shape index (κ1) is 14.0. The molecule has 0 fully saturated rings. The van der Waals surface area contributed by atoms with Gasteiger partial charge in [-0.1, -0.05) is 6.07 Å². The summed E-state index contributed by atoms with van der Waals surface area (Å²) in [7, 11) is -3.50. The molecule has 2 heterocycles. The SMILES string of the molecule is CCOc1ccc(S(=O)(=O)N2Cc3cccnc3C2)cc1. The number of fused-ring (bicyclic) bond motifs is 1. The van der Waals surface area contributed by atoms with Crippen LogP contribution in [-0.4, -0.2) is 24.3 Å². The molecule has 2 aromatic rings. The Bertz CT molecular complexity index is 717. The zero-order valence-electron chi connectivity index (χ0n) is 11.7. The number of ether oxygens (including phenoxy) is 1. The Morgan fingerprint density at radius 1 is 1.19 bits per heavy atom. The smallest absolute Gasteiger partial charge is 0.243 e. The number of hydrogen-bond donors (Lipinski definition) is 0. The Morgan fingerprint density at radius 3 is 2.62 bits per heavy atom. The van der Waals surface area contributed by atoms with E-state index < -0.39 is 10.0 Å². The molecule has 1 aromatic carbocycles. The van der Waals surface area contributed by atoms with Crippen LogP contribution in [0.25, 0.3) is 0 Å². The minimum Gasteiger partial charge on any atom is -0.494 e. The lowest BCUT2D eigenvalue weighted by molar-refractivity contribution is 0.340. The van der Waals surface area contributed by atoms with Crippen molar-refractivity contribution in [3.8, 4) is 5.75 Å². The van der Waals surface area contributed by atoms with Gasteiger partial charge in [-0.25, -0.2) is 8.42 Å². The minimum atomic E-state index is -3.50. The summed E-state index contributed by atoms with van der Waals surface area (Å²) in [5.41, 5.74) is 1.79. The number of pyridine rings is 1. The van der Waals surface area contributed by atoms with E-state index in [2.05, 4.69) is 4.98 Å². The van der Waals surface area contributed by atoms with Crippen LogP contribution in [0.5, 0.6) is 5.75 Å². The van der Waals surface area contributed by atoms with Gasteiger partial charge in [0.25, 0.3) is 0 Å². The van der Waals surface area contributed by atoms with Crippen molar-refractivity contribution in [1.29, 1.82) is 0 Å². The highest BCUT2D eigenvalue weighted by Gasteiger charge is 2.31. The fourth-order valence-corrected chi connectivity index (χ4v) is 3.74. The van der Waals surface area contributed by atoms with Gasteiger partial charge < -0.3 is 4.74 Å². The zero-order chi connectivity index (χ0) is 14.9. The lowest BCUT2D eigenvalue weighted by atomic mass is 10.2. The van der Waals surface area contributed by atoms with E-state index in [1.165, 1.54) is 4.31 Å². The topological polar surface area (TPSA) is 59.5 Å². The summed E-state index contributed by atoms with van der Waals surface area (Å²) in [5, 5.41) is 0. The highest BCUT2D eigenvalue weighted by molar-refractivity contribution is 7.89. The Labute approximate surface area is 124 Å². The fraction of sp³-hybridized carbons (Fsp3) is 0.267. The van der Waals surface area contributed by atoms with E-state index in [0.717, 1.165) is 11.3 Å². The average molecular weight is 304 g/mol. The molecule has 1 aromatic heterocycles. The normalized spacial score (nSPS) is 14.9. The summed E-state index contributed by atoms with van der Waals surface area (Å²) < 4.78 is 32.0. The van der Waals surface area contributed by atoms with Crippen LogP contribution in [0.3, 0.4) is 0 Å². The van der Waals surface area contributed by atoms with E-state index in [9.17, 15) is 8.42 Å². The number of sulfonamides is 1. The van der Waals surface area contributed by atoms with Gasteiger partial charge in [0.05, 0.1) is 23.7 Å². The van der Waals surface area contributed by atoms with E-state index in [-0.39, 0.29) is 4.90 Å². The van der Waals surface area contributed by atoms with Crippen LogP contribution < -0.4 is 4.74 Å². The van der Waals surface area contributed by atoms with Crippen molar-refractivity contribution >= 4 is 10.0 Å². The number of hydrogen-bond acceptors (Lipinski definition) is 4. The number of aromatic nitrogens is 1. The molecular weight excluding hydrogens is 288 g/mol. The summed E-state index contributed by atoms with van der Waals surface area (Å²) in [5.74, 6) is 0.669. The van der Waals surface area contributed by atoms with Crippen molar-refractivity contribution in [3.05, 3.63) is 53.9 Å². The third kappa shape index (κ3) is 2.64. The van der Waals surface area contributed by atoms with Crippen LogP contribution in [-0.2, 0) is 23.1 Å². The summed E-state index contributed by atoms with van der Waals surface area (Å²) in [4.78, 5) is 4.51. The molecule has 110 valence electrons. The molecule has 0 N–H and O–H groups in total. The highest BCUT2D eigenvalue weighted by atomic mass is 32.2. The summed E-state index contributed by atoms with van der Waals surface area (Å²) in [6.07, 6.45) is 1.69. The highest BCUT2D eigenvalue weighted by Crippen LogP contribution is 2.27. The Balaban J connectivity index is 1.85. The van der Waals surface area contributed by atoms with Gasteiger partial charge in [-0.2, -0.15) is 4.31 Å². The van der Waals surface area contributed by atoms with Crippen LogP contribution in [0.1, 0.15) is 18.2 Å². The van der Waals surface area contributed by atoms with Gasteiger partial charge in [0.15, 0.2) is 0 Å². The molecule has 5 nitrogen and oxygen atoms in total. The molecular formula is C15H16N2O3S. The van der Waals surface area contributed by atoms with Crippen molar-refractivity contribution in [2.24, 2.45) is 0 Å². The first-order chi connectivity index (χ1) is 10.1. The van der Waals surface area contributed by atoms with Gasteiger partial charge in [0.2, 0.25) is 10.0 Å². The lowest BCUT2D eigenvalue weighted by Gasteiger charge is -2.15. The zero-order valence-corrected chi connectivity index (χ0v) is 12.5. The van der Waals surface area contributed by atoms with Crippen LogP contribution in [0, 0.1) is 0 Å². The van der Waals surface area contributed by atoms with E-state index in [0.29, 0.717) is 25.4 Å². The Morgan fingerprint density at radius 2 is 1.95 bits per heavy atom. The average Bonchev–Trinajstić information content (AvgIpc) is 2.93. The molecule has 0 amide bonds. The van der Waals surface area contributed by atoms with Crippen molar-refractivity contribution in [1.82, 2.24) is 9.29 Å². The van der Waals surface area contributed by atoms with Gasteiger partial charge in [-0.05, 0) is 42.8 Å². The predicted octanol–water partition coefficient (Wildman–Crippen LogP) is 2.18. The van der Waals surface area contributed by atoms with Crippen molar-refractivity contribution < 1.29 is 13.2 Å². The fourth-order valence-electron chi connectivity index (χ4n) is 2.36. The largest absolute Gasteiger partial charge is 0.494 e. The monoisotopic (exact) mass is 304 g/mol. The number of rotatable bonds is 4. The molecule has 3 rings (SSSR count). The molecule has 6 heteroatoms. The van der Waals surface area contributed by atoms with Gasteiger partial charge >= 0.3 is 0 Å². The maximum Gasteiger partial charge on any atom is 0.243 e. The van der Waals surface area contributed by atoms with Crippen LogP contribution in [0.2, 0.25) is 0 Å². The van der Waals surface area contributed by atoms with Gasteiger partial charge in [-0.3, -0.25) is 4.98 Å². The lowest BCUT2D eigenvalue weighted by Crippen LogP contribution is -2.25. The second kappa shape index (κ2) is 5.46. The summed E-state index contributed by atoms with van der Waals surface area (Å²) in [6, 6.07) is 10.3. The third-order valence-electron chi connectivity index (χ3n) is 3.43. The van der Waals surface area contributed by atoms with E-state index in [4.69, 9.17) is 4.74 Å². The standard InChI is InChI=1S/C15H16N2O3S/c1-2-20-13-5-7-14(8-6-13)21(18,19)17-10-12-4-3-9-16-15(12)11-17/h3-9H,2,10-11H2,1H3. The number of nitrogens with zero attached hydrogens (tertiary/aromatic N) is 2. The quantitative estimate of drug-likeness (QED) is 0.868. The van der Waals surface area contributed by atoms with Crippen molar-refractivity contribution in [2.45, 2.75) is 24.9 Å². The van der Waals surface area contributed by atoms with E-state index in [1.807, 2.05) is 19.1 Å². The van der Waals surface area contributed by atoms with Crippen molar-refractivity contribution in [2.75, 3.05) is 6.61 Å². The Hall–Kier alpha value is -1.92. The van der Waals surface area contributed by atoms with Gasteiger partial charge in [0.1, 0.15) is 5.75 Å². The molecule has 21 heavy (non-hydrogen) atoms. The summed E-state index contributed by atoms with van der Waals surface area (Å²) in [6.45, 7) is 3.14. The second-order valence-electron chi connectivity index (χ2n) is 4.79. The molecule has 0 spiro atoms. The molecule has 0 unspecified atom stereocenters. The number of benzene rings is 1. The van der Waals surface area contributed by atoms with E-state index in [1.54, 1.807) is 30.5 Å². The second-order valence-corrected chi connectivity index (χ2v) is 6.72. The van der Waals surface area contributed by atoms with Gasteiger partial charge in [0, 0.05) is 12.7 Å². The maximum atomic E-state index is 12.6. The van der Waals surface area contributed by atoms with Gasteiger partial charge in [-0.15, -0.1) is 0 Å². The molecule has 1 aliphatic heterocycles. The summed E-state index contributed by atoms with van der Waals surface area (Å²) >= 11 is 0. The molecule has 1 aliphatic rings. The Kier molecular flexibility index (Phi) is 3.65. The first-order valence-electron chi connectivity index (χ1n) is 6.77. The third-order valence-corrected chi connectivity index (χ3v) is 5.24. The molecule has 0 saturated heterocycles. The van der Waals surface area contributed by atoms with Crippen LogP contribution >= 0.6 is 0 Å². The maximum absolute atomic E-state index is 12.6. The van der Waals surface area contributed by atoms with Crippen LogP contribution in [0.4, 0.5) is 0 Å². The molecule has 0 atom stereocenters. The molecule has 0 saturated carbocycles. The molecule has 0 aliphatic carbocycles. The van der Waals surface area contributed by atoms with Crippen molar-refractivity contribution in [3.63, 3.8) is 0 Å². The van der Waals surface area contributed by atoms with Crippen LogP contribution in [0.15, 0.2) is 47.5 Å². The molecule has 0 radical (unpaired) electrons. The first-order valence-corrected chi connectivity index (χ1v) is 8.21.